The number of hydrogen-bond donors (Lipinski definition) is 3. The fraction of sp³-hybridized carbons (Fsp3) is 0.370. The summed E-state index contributed by atoms with van der Waals surface area (Å²) in [7, 11) is -4.47. The second-order valence-electron chi connectivity index (χ2n) is 10.2. The zero-order valence-corrected chi connectivity index (χ0v) is 24.9. The Morgan fingerprint density at radius 1 is 1.24 bits per heavy atom. The molecule has 0 saturated carbocycles. The Morgan fingerprint density at radius 2 is 2.00 bits per heavy atom. The molecule has 45 heavy (non-hydrogen) atoms. The lowest BCUT2D eigenvalue weighted by atomic mass is 9.93. The standard InChI is InChI=1S/C27H29N6O11P/c1-16(24(36)39-13-17-6-4-3-5-7-17)30-45(38,44-18-8-9-19-20(12-18)41-15-40-19)42-14-21-23(35)27(2,31-32-28)25(43-21)33-11-10-22(34)29-26(33)37/h3-12,16,21,23,25,35H,13-15H2,1-2H3,(H,30,38)(H,29,34,37)/t16-,21+,23+,25+,27+,45?/m0/s1. The predicted molar refractivity (Wildman–Crippen MR) is 154 cm³/mol. The van der Waals surface area contributed by atoms with Gasteiger partial charge in [-0.05, 0) is 37.1 Å². The van der Waals surface area contributed by atoms with Crippen LogP contribution in [0.1, 0.15) is 25.6 Å². The lowest BCUT2D eigenvalue weighted by molar-refractivity contribution is -0.146. The summed E-state index contributed by atoms with van der Waals surface area (Å²) < 4.78 is 48.3. The van der Waals surface area contributed by atoms with E-state index in [1.165, 1.54) is 32.0 Å². The summed E-state index contributed by atoms with van der Waals surface area (Å²) in [6.07, 6.45) is -3.20. The number of fused-ring (bicyclic) bond motifs is 1. The first-order valence-electron chi connectivity index (χ1n) is 13.5. The van der Waals surface area contributed by atoms with Gasteiger partial charge in [0.05, 0.1) is 12.7 Å². The molecule has 2 aromatic carbocycles. The van der Waals surface area contributed by atoms with Crippen LogP contribution in [0.3, 0.4) is 0 Å². The van der Waals surface area contributed by atoms with Gasteiger partial charge in [-0.2, -0.15) is 5.09 Å². The van der Waals surface area contributed by atoms with Gasteiger partial charge in [0.15, 0.2) is 17.7 Å². The van der Waals surface area contributed by atoms with Gasteiger partial charge in [0, 0.05) is 23.2 Å². The molecule has 17 nitrogen and oxygen atoms in total. The van der Waals surface area contributed by atoms with Crippen molar-refractivity contribution in [1.82, 2.24) is 14.6 Å². The van der Waals surface area contributed by atoms with E-state index >= 15 is 0 Å². The third-order valence-corrected chi connectivity index (χ3v) is 8.67. The number of benzene rings is 2. The van der Waals surface area contributed by atoms with E-state index < -0.39 is 61.6 Å². The van der Waals surface area contributed by atoms with Gasteiger partial charge in [0.1, 0.15) is 30.0 Å². The Bertz CT molecular complexity index is 1760. The van der Waals surface area contributed by atoms with Crippen LogP contribution in [0, 0.1) is 0 Å². The first-order valence-corrected chi connectivity index (χ1v) is 15.1. The molecule has 1 unspecified atom stereocenters. The number of rotatable bonds is 12. The van der Waals surface area contributed by atoms with Crippen molar-refractivity contribution in [3.05, 3.63) is 97.6 Å². The minimum atomic E-state index is -4.47. The van der Waals surface area contributed by atoms with E-state index in [0.29, 0.717) is 11.5 Å². The maximum atomic E-state index is 14.1. The Kier molecular flexibility index (Phi) is 9.29. The van der Waals surface area contributed by atoms with E-state index in [1.807, 2.05) is 6.07 Å². The predicted octanol–water partition coefficient (Wildman–Crippen LogP) is 2.52. The number of nitrogens with one attached hydrogen (secondary N) is 2. The highest BCUT2D eigenvalue weighted by atomic mass is 31.2. The van der Waals surface area contributed by atoms with Crippen LogP contribution in [-0.4, -0.2) is 57.8 Å². The van der Waals surface area contributed by atoms with Crippen LogP contribution in [-0.2, 0) is 30.0 Å². The molecular formula is C27H29N6O11P. The van der Waals surface area contributed by atoms with E-state index in [2.05, 4.69) is 20.1 Å². The zero-order valence-electron chi connectivity index (χ0n) is 24.0. The molecule has 6 atom stereocenters. The molecule has 2 aliphatic rings. The molecular weight excluding hydrogens is 615 g/mol. The summed E-state index contributed by atoms with van der Waals surface area (Å²) in [5, 5.41) is 17.3. The maximum absolute atomic E-state index is 14.1. The van der Waals surface area contributed by atoms with Gasteiger partial charge in [0.25, 0.3) is 5.56 Å². The first-order chi connectivity index (χ1) is 21.5. The molecule has 18 heteroatoms. The van der Waals surface area contributed by atoms with Gasteiger partial charge in [0.2, 0.25) is 6.79 Å². The minimum Gasteiger partial charge on any atom is -0.460 e. The molecule has 0 amide bonds. The number of azide groups is 1. The summed E-state index contributed by atoms with van der Waals surface area (Å²) in [5.41, 5.74) is 6.61. The molecule has 3 heterocycles. The number of aliphatic hydroxyl groups is 1. The molecule has 0 spiro atoms. The van der Waals surface area contributed by atoms with E-state index in [0.717, 1.165) is 22.4 Å². The Labute approximate surface area is 254 Å². The second kappa shape index (κ2) is 13.2. The molecule has 1 saturated heterocycles. The molecule has 3 N–H and O–H groups in total. The fourth-order valence-corrected chi connectivity index (χ4v) is 6.17. The highest BCUT2D eigenvalue weighted by molar-refractivity contribution is 7.52. The van der Waals surface area contributed by atoms with Gasteiger partial charge in [-0.1, -0.05) is 35.4 Å². The highest BCUT2D eigenvalue weighted by Crippen LogP contribution is 2.49. The molecule has 0 radical (unpaired) electrons. The van der Waals surface area contributed by atoms with E-state index in [-0.39, 0.29) is 19.1 Å². The topological polar surface area (TPSA) is 225 Å². The maximum Gasteiger partial charge on any atom is 0.459 e. The number of aliphatic hydroxyl groups excluding tert-OH is 1. The molecule has 1 aromatic heterocycles. The van der Waals surface area contributed by atoms with Crippen molar-refractivity contribution >= 4 is 13.7 Å². The Hall–Kier alpha value is -4.63. The number of H-pyrrole nitrogens is 1. The quantitative estimate of drug-likeness (QED) is 0.0850. The Morgan fingerprint density at radius 3 is 2.73 bits per heavy atom. The molecule has 2 aliphatic heterocycles. The van der Waals surface area contributed by atoms with Crippen LogP contribution < -0.4 is 30.3 Å². The molecule has 0 bridgehead atoms. The molecule has 1 fully saturated rings. The molecule has 0 aliphatic carbocycles. The van der Waals surface area contributed by atoms with Gasteiger partial charge in [-0.25, -0.2) is 9.36 Å². The average molecular weight is 645 g/mol. The van der Waals surface area contributed by atoms with Gasteiger partial charge in [-0.3, -0.25) is 23.7 Å². The van der Waals surface area contributed by atoms with Crippen molar-refractivity contribution < 1.29 is 42.5 Å². The Balaban J connectivity index is 1.36. The van der Waals surface area contributed by atoms with Gasteiger partial charge >= 0.3 is 19.4 Å². The van der Waals surface area contributed by atoms with Gasteiger partial charge < -0.3 is 28.6 Å². The third kappa shape index (κ3) is 7.04. The lowest BCUT2D eigenvalue weighted by Gasteiger charge is -2.28. The number of aromatic nitrogens is 2. The van der Waals surface area contributed by atoms with Crippen LogP contribution in [0.5, 0.6) is 17.2 Å². The second-order valence-corrected chi connectivity index (χ2v) is 11.9. The van der Waals surface area contributed by atoms with Crippen molar-refractivity contribution in [2.75, 3.05) is 13.4 Å². The van der Waals surface area contributed by atoms with Crippen molar-refractivity contribution in [3.63, 3.8) is 0 Å². The lowest BCUT2D eigenvalue weighted by Crippen LogP contribution is -2.45. The van der Waals surface area contributed by atoms with Crippen molar-refractivity contribution in [3.8, 4) is 17.2 Å². The number of hydrogen-bond acceptors (Lipinski definition) is 12. The van der Waals surface area contributed by atoms with Crippen LogP contribution in [0.15, 0.2) is 75.5 Å². The highest BCUT2D eigenvalue weighted by Gasteiger charge is 2.55. The van der Waals surface area contributed by atoms with E-state index in [9.17, 15) is 29.6 Å². The van der Waals surface area contributed by atoms with E-state index in [1.54, 1.807) is 24.3 Å². The smallest absolute Gasteiger partial charge is 0.459 e. The van der Waals surface area contributed by atoms with Crippen LogP contribution in [0.2, 0.25) is 0 Å². The summed E-state index contributed by atoms with van der Waals surface area (Å²) in [6.45, 7) is 2.05. The number of ether oxygens (including phenoxy) is 4. The fourth-order valence-electron chi connectivity index (χ4n) is 4.67. The summed E-state index contributed by atoms with van der Waals surface area (Å²) in [4.78, 5) is 41.7. The molecule has 3 aromatic rings. The van der Waals surface area contributed by atoms with Crippen LogP contribution >= 0.6 is 7.75 Å². The van der Waals surface area contributed by atoms with Crippen molar-refractivity contribution in [1.29, 1.82) is 0 Å². The average Bonchev–Trinajstić information content (AvgIpc) is 3.57. The number of esters is 1. The van der Waals surface area contributed by atoms with Crippen molar-refractivity contribution in [2.45, 2.75) is 50.5 Å². The van der Waals surface area contributed by atoms with E-state index in [4.69, 9.17) is 28.0 Å². The van der Waals surface area contributed by atoms with Crippen LogP contribution in [0.4, 0.5) is 0 Å². The van der Waals surface area contributed by atoms with Crippen molar-refractivity contribution in [2.24, 2.45) is 5.11 Å². The monoisotopic (exact) mass is 644 g/mol. The zero-order chi connectivity index (χ0) is 32.2. The number of carbonyl (C=O) groups excluding carboxylic acids is 1. The SMILES string of the molecule is C[C@H](NP(=O)(OC[C@H]1O[C@@H](n2ccc(=O)[nH]c2=O)[C@](C)(N=[N+]=[N-])[C@@H]1O)Oc1ccc2c(c1)OCO2)C(=O)OCc1ccccc1. The third-order valence-electron chi connectivity index (χ3n) is 7.03. The normalized spacial score (nSPS) is 23.8. The summed E-state index contributed by atoms with van der Waals surface area (Å²) >= 11 is 0. The summed E-state index contributed by atoms with van der Waals surface area (Å²) in [5.74, 6) is 0.0301. The summed E-state index contributed by atoms with van der Waals surface area (Å²) in [6, 6.07) is 13.2. The largest absolute Gasteiger partial charge is 0.460 e. The molecule has 238 valence electrons. The number of nitrogens with zero attached hydrogens (tertiary/aromatic N) is 4. The van der Waals surface area contributed by atoms with Crippen LogP contribution in [0.25, 0.3) is 10.4 Å². The number of carbonyl (C=O) groups is 1. The molecule has 5 rings (SSSR count). The first kappa shape index (κ1) is 31.8. The minimum absolute atomic E-state index is 0.0180. The van der Waals surface area contributed by atoms with Gasteiger partial charge in [-0.15, -0.1) is 0 Å². The number of aromatic amines is 1.